The molecule has 0 aliphatic carbocycles. The van der Waals surface area contributed by atoms with E-state index in [2.05, 4.69) is 5.10 Å². The minimum atomic E-state index is -3.24. The Labute approximate surface area is 82.1 Å². The lowest BCUT2D eigenvalue weighted by molar-refractivity contribution is 0.259. The third kappa shape index (κ3) is 1.20. The predicted octanol–water partition coefficient (Wildman–Crippen LogP) is 0.290. The van der Waals surface area contributed by atoms with Crippen LogP contribution in [0.25, 0.3) is 0 Å². The van der Waals surface area contributed by atoms with E-state index in [4.69, 9.17) is 14.7 Å². The molecule has 1 aliphatic rings. The number of nitrogens with one attached hydrogen (secondary N) is 1. The summed E-state index contributed by atoms with van der Waals surface area (Å²) in [5.74, 6) is 0.359. The topological polar surface area (TPSA) is 94.0 Å². The standard InChI is InChI=1S/C7H12N4O2S/c1-7(2)4-13-6-5(14(8,9)12)3-10-11(6)7/h3H,4H2,1-2H3,(H3,8,9,12). The molecule has 6 nitrogen and oxygen atoms in total. The van der Waals surface area contributed by atoms with Crippen LogP contribution in [0.15, 0.2) is 11.1 Å². The van der Waals surface area contributed by atoms with Crippen molar-refractivity contribution in [2.45, 2.75) is 24.3 Å². The fraction of sp³-hybridized carbons (Fsp3) is 0.571. The minimum Gasteiger partial charge on any atom is -0.474 e. The second-order valence-electron chi connectivity index (χ2n) is 3.93. The first kappa shape index (κ1) is 9.47. The number of nitrogens with two attached hydrogens (primary N) is 1. The van der Waals surface area contributed by atoms with Crippen molar-refractivity contribution in [1.29, 1.82) is 4.78 Å². The van der Waals surface area contributed by atoms with E-state index in [9.17, 15) is 4.21 Å². The Morgan fingerprint density at radius 1 is 1.79 bits per heavy atom. The van der Waals surface area contributed by atoms with Crippen molar-refractivity contribution >= 4 is 9.92 Å². The quantitative estimate of drug-likeness (QED) is 0.706. The molecule has 1 aliphatic heterocycles. The molecule has 0 saturated carbocycles. The molecule has 2 heterocycles. The van der Waals surface area contributed by atoms with Crippen molar-refractivity contribution in [2.75, 3.05) is 6.61 Å². The Kier molecular flexibility index (Phi) is 1.68. The molecule has 78 valence electrons. The molecular formula is C7H12N4O2S. The van der Waals surface area contributed by atoms with Gasteiger partial charge in [0, 0.05) is 0 Å². The van der Waals surface area contributed by atoms with Gasteiger partial charge >= 0.3 is 0 Å². The van der Waals surface area contributed by atoms with Gasteiger partial charge in [-0.05, 0) is 13.8 Å². The number of ether oxygens (including phenoxy) is 1. The zero-order valence-corrected chi connectivity index (χ0v) is 8.80. The summed E-state index contributed by atoms with van der Waals surface area (Å²) < 4.78 is 25.5. The SMILES string of the molecule is CC1(C)COc2c(S(=N)(N)=O)cnn21. The normalized spacial score (nSPS) is 22.5. The second kappa shape index (κ2) is 2.48. The van der Waals surface area contributed by atoms with E-state index in [1.807, 2.05) is 13.8 Å². The summed E-state index contributed by atoms with van der Waals surface area (Å²) in [5.41, 5.74) is -0.266. The Morgan fingerprint density at radius 3 is 3.00 bits per heavy atom. The molecule has 0 aromatic carbocycles. The molecule has 1 atom stereocenters. The van der Waals surface area contributed by atoms with Crippen LogP contribution >= 0.6 is 0 Å². The summed E-state index contributed by atoms with van der Waals surface area (Å²) in [4.78, 5) is 0.170. The third-order valence-electron chi connectivity index (χ3n) is 2.16. The number of aromatic nitrogens is 2. The van der Waals surface area contributed by atoms with Crippen LogP contribution in [0.2, 0.25) is 0 Å². The van der Waals surface area contributed by atoms with Gasteiger partial charge in [0.15, 0.2) is 0 Å². The van der Waals surface area contributed by atoms with Gasteiger partial charge < -0.3 is 4.74 Å². The minimum absolute atomic E-state index is 0.170. The maximum absolute atomic E-state index is 11.3. The third-order valence-corrected chi connectivity index (χ3v) is 3.09. The first-order valence-electron chi connectivity index (χ1n) is 4.10. The first-order valence-corrected chi connectivity index (χ1v) is 5.72. The van der Waals surface area contributed by atoms with Crippen LogP contribution in [0.1, 0.15) is 13.8 Å². The molecule has 0 amide bonds. The molecule has 0 saturated heterocycles. The molecule has 0 bridgehead atoms. The Hall–Kier alpha value is -1.08. The lowest BCUT2D eigenvalue weighted by Crippen LogP contribution is -2.26. The highest BCUT2D eigenvalue weighted by Crippen LogP contribution is 2.34. The van der Waals surface area contributed by atoms with Crippen LogP contribution in [0.4, 0.5) is 0 Å². The van der Waals surface area contributed by atoms with Crippen molar-refractivity contribution in [3.63, 3.8) is 0 Å². The monoisotopic (exact) mass is 216 g/mol. The van der Waals surface area contributed by atoms with Gasteiger partial charge in [0.25, 0.3) is 0 Å². The van der Waals surface area contributed by atoms with E-state index in [0.29, 0.717) is 12.5 Å². The van der Waals surface area contributed by atoms with Crippen LogP contribution in [0, 0.1) is 4.78 Å². The van der Waals surface area contributed by atoms with Gasteiger partial charge in [-0.25, -0.2) is 18.8 Å². The Balaban J connectivity index is 2.63. The van der Waals surface area contributed by atoms with Gasteiger partial charge in [-0.2, -0.15) is 5.10 Å². The summed E-state index contributed by atoms with van der Waals surface area (Å²) in [7, 11) is -3.24. The first-order chi connectivity index (χ1) is 6.32. The molecule has 7 heteroatoms. The number of rotatable bonds is 1. The van der Waals surface area contributed by atoms with E-state index in [0.717, 1.165) is 0 Å². The summed E-state index contributed by atoms with van der Waals surface area (Å²) >= 11 is 0. The number of hydrogen-bond acceptors (Lipinski definition) is 4. The molecule has 2 rings (SSSR count). The van der Waals surface area contributed by atoms with E-state index >= 15 is 0 Å². The maximum atomic E-state index is 11.3. The summed E-state index contributed by atoms with van der Waals surface area (Å²) in [6.07, 6.45) is 1.34. The average Bonchev–Trinajstić information content (AvgIpc) is 2.51. The van der Waals surface area contributed by atoms with Crippen LogP contribution in [-0.4, -0.2) is 20.6 Å². The Morgan fingerprint density at radius 2 is 2.43 bits per heavy atom. The molecular weight excluding hydrogens is 204 g/mol. The predicted molar refractivity (Wildman–Crippen MR) is 50.4 cm³/mol. The van der Waals surface area contributed by atoms with E-state index < -0.39 is 9.92 Å². The second-order valence-corrected chi connectivity index (χ2v) is 5.57. The smallest absolute Gasteiger partial charge is 0.231 e. The van der Waals surface area contributed by atoms with Gasteiger partial charge in [0.2, 0.25) is 5.88 Å². The molecule has 1 unspecified atom stereocenters. The molecule has 1 aromatic heterocycles. The van der Waals surface area contributed by atoms with Crippen molar-refractivity contribution < 1.29 is 8.95 Å². The number of nitrogens with zero attached hydrogens (tertiary/aromatic N) is 2. The van der Waals surface area contributed by atoms with Crippen molar-refractivity contribution in [3.8, 4) is 5.88 Å². The number of fused-ring (bicyclic) bond motifs is 1. The molecule has 0 fully saturated rings. The lowest BCUT2D eigenvalue weighted by atomic mass is 10.1. The number of hydrogen-bond donors (Lipinski definition) is 2. The molecule has 3 N–H and O–H groups in total. The van der Waals surface area contributed by atoms with Gasteiger partial charge in [-0.3, -0.25) is 0 Å². The maximum Gasteiger partial charge on any atom is 0.231 e. The van der Waals surface area contributed by atoms with Gasteiger partial charge in [0.1, 0.15) is 21.4 Å². The molecule has 14 heavy (non-hydrogen) atoms. The van der Waals surface area contributed by atoms with Crippen molar-refractivity contribution in [3.05, 3.63) is 6.20 Å². The molecule has 0 spiro atoms. The molecule has 0 radical (unpaired) electrons. The highest BCUT2D eigenvalue weighted by molar-refractivity contribution is 7.90. The van der Waals surface area contributed by atoms with E-state index in [-0.39, 0.29) is 10.4 Å². The van der Waals surface area contributed by atoms with Gasteiger partial charge in [0.05, 0.1) is 11.7 Å². The summed E-state index contributed by atoms with van der Waals surface area (Å²) in [6.45, 7) is 4.35. The van der Waals surface area contributed by atoms with Gasteiger partial charge in [-0.1, -0.05) is 0 Å². The average molecular weight is 216 g/mol. The summed E-state index contributed by atoms with van der Waals surface area (Å²) in [5, 5.41) is 9.25. The zero-order chi connectivity index (χ0) is 10.6. The Bertz CT molecular complexity index is 474. The van der Waals surface area contributed by atoms with Crippen molar-refractivity contribution in [2.24, 2.45) is 5.14 Å². The van der Waals surface area contributed by atoms with E-state index in [1.54, 1.807) is 4.68 Å². The lowest BCUT2D eigenvalue weighted by Gasteiger charge is -2.14. The highest BCUT2D eigenvalue weighted by Gasteiger charge is 2.35. The van der Waals surface area contributed by atoms with Crippen LogP contribution < -0.4 is 9.88 Å². The fourth-order valence-electron chi connectivity index (χ4n) is 1.40. The van der Waals surface area contributed by atoms with Gasteiger partial charge in [-0.15, -0.1) is 0 Å². The van der Waals surface area contributed by atoms with Crippen LogP contribution in [-0.2, 0) is 15.5 Å². The van der Waals surface area contributed by atoms with Crippen LogP contribution in [0.5, 0.6) is 5.88 Å². The largest absolute Gasteiger partial charge is 0.474 e. The fourth-order valence-corrected chi connectivity index (χ4v) is 2.01. The highest BCUT2D eigenvalue weighted by atomic mass is 32.2. The zero-order valence-electron chi connectivity index (χ0n) is 7.98. The summed E-state index contributed by atoms with van der Waals surface area (Å²) in [6, 6.07) is 0. The van der Waals surface area contributed by atoms with E-state index in [1.165, 1.54) is 6.20 Å². The van der Waals surface area contributed by atoms with Crippen molar-refractivity contribution in [1.82, 2.24) is 9.78 Å². The van der Waals surface area contributed by atoms with Crippen LogP contribution in [0.3, 0.4) is 0 Å². The molecule has 1 aromatic rings.